The second-order valence-electron chi connectivity index (χ2n) is 9.67. The van der Waals surface area contributed by atoms with Crippen molar-refractivity contribution in [3.63, 3.8) is 0 Å². The third-order valence-electron chi connectivity index (χ3n) is 7.33. The second kappa shape index (κ2) is 9.91. The van der Waals surface area contributed by atoms with Gasteiger partial charge in [0.1, 0.15) is 0 Å². The summed E-state index contributed by atoms with van der Waals surface area (Å²) in [5.74, 6) is 2.21. The predicted octanol–water partition coefficient (Wildman–Crippen LogP) is 6.81. The van der Waals surface area contributed by atoms with Crippen LogP contribution in [0.1, 0.15) is 0 Å². The molecule has 0 unspecified atom stereocenters. The van der Waals surface area contributed by atoms with Crippen molar-refractivity contribution in [2.24, 2.45) is 0 Å². The van der Waals surface area contributed by atoms with Gasteiger partial charge < -0.3 is 29.9 Å². The summed E-state index contributed by atoms with van der Waals surface area (Å²) in [6.07, 6.45) is 0. The molecule has 4 aromatic carbocycles. The van der Waals surface area contributed by atoms with Crippen LogP contribution in [0.2, 0.25) is 0 Å². The zero-order valence-electron chi connectivity index (χ0n) is 21.5. The summed E-state index contributed by atoms with van der Waals surface area (Å²) in [4.78, 5) is 39.3. The third kappa shape index (κ3) is 3.85. The molecule has 42 heavy (non-hydrogen) atoms. The smallest absolute Gasteiger partial charge is 0.0927 e. The third-order valence-corrected chi connectivity index (χ3v) is 7.33. The van der Waals surface area contributed by atoms with Crippen LogP contribution in [0.15, 0.2) is 97.1 Å². The zero-order chi connectivity index (χ0) is 28.2. The van der Waals surface area contributed by atoms with Gasteiger partial charge in [0, 0.05) is 44.8 Å². The summed E-state index contributed by atoms with van der Waals surface area (Å²) in [5, 5.41) is 3.57. The fourth-order valence-electron chi connectivity index (χ4n) is 5.46. The van der Waals surface area contributed by atoms with E-state index in [9.17, 15) is 0 Å². The van der Waals surface area contributed by atoms with E-state index in [0.717, 1.165) is 43.8 Å². The minimum atomic E-state index is 0.552. The molecule has 3 aromatic heterocycles. The molecule has 0 saturated heterocycles. The van der Waals surface area contributed by atoms with Gasteiger partial charge in [-0.3, -0.25) is 0 Å². The van der Waals surface area contributed by atoms with Crippen LogP contribution in [0.4, 0.5) is 0 Å². The van der Waals surface area contributed by atoms with Crippen molar-refractivity contribution in [1.82, 2.24) is 39.9 Å². The first-order valence-electron chi connectivity index (χ1n) is 13.0. The van der Waals surface area contributed by atoms with Gasteiger partial charge in [-0.1, -0.05) is 97.1 Å². The quantitative estimate of drug-likeness (QED) is 0.165. The average molecular weight is 649 g/mol. The largest absolute Gasteiger partial charge is 0.357 e. The summed E-state index contributed by atoms with van der Waals surface area (Å²) in [5.41, 5.74) is 5.78. The van der Waals surface area contributed by atoms with Crippen LogP contribution in [0, 0.1) is 0 Å². The van der Waals surface area contributed by atoms with Crippen molar-refractivity contribution in [2.45, 2.75) is 0 Å². The Balaban J connectivity index is 0.00000131. The van der Waals surface area contributed by atoms with Gasteiger partial charge in [0.2, 0.25) is 0 Å². The number of hydrogen-bond acceptors (Lipinski definition) is 6. The molecule has 0 N–H and O–H groups in total. The first-order valence-corrected chi connectivity index (χ1v) is 15.3. The number of hydrogen-bond donors (Lipinski definition) is 0. The van der Waals surface area contributed by atoms with Crippen LogP contribution in [-0.4, -0.2) is 29.9 Å². The van der Waals surface area contributed by atoms with E-state index in [1.54, 1.807) is 0 Å². The average Bonchev–Trinajstić information content (AvgIpc) is 3.78. The standard InChI is InChI=1S/C32H16N8.ClH.Ru/c1-2-10-18-17(9-1)25-33-26(18)38-28-21-13-5-6-14-22(21)30(35-28)40-32-24-16-8-7-15-23(24)31(36-32)39-29-20-12-4-3-11-19(20)27(34-29)37-25;;/h1-16H;1H;/q-2;;+3/p-1. The number of benzene rings is 4. The van der Waals surface area contributed by atoms with Crippen molar-refractivity contribution in [2.75, 3.05) is 0 Å². The van der Waals surface area contributed by atoms with Gasteiger partial charge in [0.25, 0.3) is 0 Å². The first-order chi connectivity index (χ1) is 20.8. The monoisotopic (exact) mass is 649 g/mol. The van der Waals surface area contributed by atoms with Crippen LogP contribution in [0.5, 0.6) is 0 Å². The molecule has 2 aliphatic rings. The van der Waals surface area contributed by atoms with Gasteiger partial charge in [0.05, 0.1) is 23.3 Å². The maximum atomic E-state index is 4.95. The van der Waals surface area contributed by atoms with Gasteiger partial charge in [-0.2, -0.15) is 0 Å². The summed E-state index contributed by atoms with van der Waals surface area (Å²) >= 11 is 1.82. The molecule has 0 radical (unpaired) electrons. The van der Waals surface area contributed by atoms with E-state index in [1.807, 2.05) is 114 Å². The molecule has 0 atom stereocenters. The molecule has 8 bridgehead atoms. The molecule has 9 rings (SSSR count). The molecule has 8 nitrogen and oxygen atoms in total. The molecule has 7 aromatic rings. The predicted molar refractivity (Wildman–Crippen MR) is 160 cm³/mol. The zero-order valence-corrected chi connectivity index (χ0v) is 24.0. The Morgan fingerprint density at radius 1 is 0.357 bits per heavy atom. The molecular formula is C32H16ClN8Ru. The topological polar surface area (TPSA) is 106 Å². The molecular weight excluding hydrogens is 633 g/mol. The molecule has 0 fully saturated rings. The van der Waals surface area contributed by atoms with E-state index in [-0.39, 0.29) is 0 Å². The normalized spacial score (nSPS) is 11.5. The Hall–Kier alpha value is -4.85. The molecule has 0 saturated carbocycles. The van der Waals surface area contributed by atoms with Crippen molar-refractivity contribution in [1.29, 1.82) is 0 Å². The molecule has 5 heterocycles. The number of nitrogens with zero attached hydrogens (tertiary/aromatic N) is 8. The van der Waals surface area contributed by atoms with Crippen molar-refractivity contribution in [3.05, 3.63) is 97.1 Å². The maximum absolute atomic E-state index is 4.95. The summed E-state index contributed by atoms with van der Waals surface area (Å²) in [7, 11) is 4.57. The van der Waals surface area contributed by atoms with Gasteiger partial charge >= 0.3 is 27.0 Å². The minimum absolute atomic E-state index is 0.552. The Kier molecular flexibility index (Phi) is 5.88. The van der Waals surface area contributed by atoms with Crippen molar-refractivity contribution < 1.29 is 17.3 Å². The Bertz CT molecular complexity index is 2040. The first kappa shape index (κ1) is 24.9. The second-order valence-corrected chi connectivity index (χ2v) is 9.67. The molecule has 10 heteroatoms. The fraction of sp³-hybridized carbons (Fsp3) is 0. The van der Waals surface area contributed by atoms with E-state index in [1.165, 1.54) is 0 Å². The number of fused-ring (bicyclic) bond motifs is 20. The Labute approximate surface area is 252 Å². The van der Waals surface area contributed by atoms with E-state index in [2.05, 4.69) is 9.69 Å². The fourth-order valence-corrected chi connectivity index (χ4v) is 5.46. The minimum Gasteiger partial charge on any atom is -0.357 e. The van der Waals surface area contributed by atoms with Crippen molar-refractivity contribution >= 4 is 53.8 Å². The van der Waals surface area contributed by atoms with E-state index >= 15 is 0 Å². The van der Waals surface area contributed by atoms with Crippen LogP contribution in [0.3, 0.4) is 0 Å². The van der Waals surface area contributed by atoms with Gasteiger partial charge in [-0.05, 0) is 21.5 Å². The Morgan fingerprint density at radius 3 is 0.857 bits per heavy atom. The van der Waals surface area contributed by atoms with Gasteiger partial charge in [-0.25, -0.2) is 9.97 Å². The van der Waals surface area contributed by atoms with Gasteiger partial charge in [0.15, 0.2) is 0 Å². The van der Waals surface area contributed by atoms with Crippen LogP contribution in [-0.2, 0) is 17.3 Å². The SMILES string of the molecule is [Cl][Ru+2].c1ccc2c(c1)-c1nc-2nc2[n-]c(nc3nc(nc4[n-]c(n1)c1ccccc41)-c1ccccc1-3)c1ccccc21. The Morgan fingerprint density at radius 2 is 0.595 bits per heavy atom. The van der Waals surface area contributed by atoms with Gasteiger partial charge in [-0.15, -0.1) is 0 Å². The molecule has 0 spiro atoms. The molecule has 2 aliphatic heterocycles. The molecule has 0 amide bonds. The number of halogens is 1. The maximum Gasteiger partial charge on any atom is 0.0927 e. The molecule has 199 valence electrons. The van der Waals surface area contributed by atoms with Crippen LogP contribution in [0.25, 0.3) is 89.7 Å². The van der Waals surface area contributed by atoms with Crippen molar-refractivity contribution in [3.8, 4) is 45.6 Å². The van der Waals surface area contributed by atoms with E-state index in [0.29, 0.717) is 45.9 Å². The van der Waals surface area contributed by atoms with Crippen LogP contribution < -0.4 is 9.97 Å². The van der Waals surface area contributed by atoms with Crippen LogP contribution >= 0.6 is 9.69 Å². The number of rotatable bonds is 0. The summed E-state index contributed by atoms with van der Waals surface area (Å²) in [6.45, 7) is 0. The van der Waals surface area contributed by atoms with E-state index in [4.69, 9.17) is 39.9 Å². The summed E-state index contributed by atoms with van der Waals surface area (Å²) in [6, 6.07) is 31.8. The molecule has 0 aliphatic carbocycles. The number of aromatic nitrogens is 8. The van der Waals surface area contributed by atoms with E-state index < -0.39 is 0 Å². The summed E-state index contributed by atoms with van der Waals surface area (Å²) < 4.78 is 0.